The number of phosphoric acid groups is 1. The van der Waals surface area contributed by atoms with E-state index in [0.29, 0.717) is 5.75 Å². The largest absolute Gasteiger partial charge is 0.508 e. The maximum Gasteiger partial charge on any atom is 0.466 e. The van der Waals surface area contributed by atoms with Crippen molar-refractivity contribution in [2.24, 2.45) is 0 Å². The third kappa shape index (κ3) is 12.1. The van der Waals surface area contributed by atoms with Gasteiger partial charge in [0.15, 0.2) is 0 Å². The Balaban J connectivity index is 0. The molecule has 0 aromatic heterocycles. The number of phenolic OH excluding ortho intramolecular Hbond substituents is 1. The third-order valence-corrected chi connectivity index (χ3v) is 1.73. The number of hydrogen-bond donors (Lipinski definition) is 4. The molecule has 0 spiro atoms. The van der Waals surface area contributed by atoms with E-state index in [1.807, 2.05) is 12.1 Å². The topological polar surface area (TPSA) is 98.0 Å². The van der Waals surface area contributed by atoms with Gasteiger partial charge in [0.25, 0.3) is 0 Å². The van der Waals surface area contributed by atoms with Gasteiger partial charge in [0.2, 0.25) is 0 Å². The highest BCUT2D eigenvalue weighted by atomic mass is 31.2. The van der Waals surface area contributed by atoms with E-state index in [1.165, 1.54) is 5.56 Å². The van der Waals surface area contributed by atoms with E-state index in [1.54, 1.807) is 12.1 Å². The van der Waals surface area contributed by atoms with Crippen molar-refractivity contribution in [3.63, 3.8) is 0 Å². The Morgan fingerprint density at radius 1 is 1.00 bits per heavy atom. The molecule has 0 saturated carbocycles. The highest BCUT2D eigenvalue weighted by Crippen LogP contribution is 2.25. The first-order valence-corrected chi connectivity index (χ1v) is 6.14. The van der Waals surface area contributed by atoms with Crippen LogP contribution in [0.3, 0.4) is 0 Å². The summed E-state index contributed by atoms with van der Waals surface area (Å²) in [4.78, 5) is 21.6. The molecule has 0 heterocycles. The van der Waals surface area contributed by atoms with Crippen molar-refractivity contribution in [3.8, 4) is 5.75 Å². The fraction of sp³-hybridized carbons (Fsp3) is 0.400. The van der Waals surface area contributed by atoms with Crippen molar-refractivity contribution in [2.75, 3.05) is 0 Å². The Hall–Kier alpha value is -0.104. The van der Waals surface area contributed by atoms with Gasteiger partial charge < -0.3 is 19.8 Å². The predicted molar refractivity (Wildman–Crippen MR) is 69.6 cm³/mol. The van der Waals surface area contributed by atoms with Crippen molar-refractivity contribution >= 4 is 30.9 Å². The minimum Gasteiger partial charge on any atom is -0.508 e. The molecule has 0 aliphatic heterocycles. The molecule has 7 heteroatoms. The molecule has 0 aliphatic carbocycles. The lowest BCUT2D eigenvalue weighted by Gasteiger charge is -2.18. The summed E-state index contributed by atoms with van der Waals surface area (Å²) in [6.07, 6.45) is 0. The lowest BCUT2D eigenvalue weighted by atomic mass is 9.87. The molecule has 4 N–H and O–H groups in total. The van der Waals surface area contributed by atoms with Crippen LogP contribution in [0.15, 0.2) is 24.3 Å². The average Bonchev–Trinajstić information content (AvgIpc) is 1.99. The zero-order valence-electron chi connectivity index (χ0n) is 9.45. The first-order chi connectivity index (χ1) is 7.00. The van der Waals surface area contributed by atoms with Gasteiger partial charge in [-0.2, -0.15) is 0 Å². The predicted octanol–water partition coefficient (Wildman–Crippen LogP) is 0.845. The summed E-state index contributed by atoms with van der Waals surface area (Å²) in [7, 11) is -4.64. The van der Waals surface area contributed by atoms with Gasteiger partial charge in [0.05, 0.1) is 0 Å². The van der Waals surface area contributed by atoms with E-state index >= 15 is 0 Å². The second-order valence-electron chi connectivity index (χ2n) is 4.31. The zero-order chi connectivity index (χ0) is 13.0. The van der Waals surface area contributed by atoms with Crippen LogP contribution in [0.25, 0.3) is 0 Å². The summed E-state index contributed by atoms with van der Waals surface area (Å²) in [6, 6.07) is 7.35. The van der Waals surface area contributed by atoms with Crippen molar-refractivity contribution in [2.45, 2.75) is 26.2 Å². The number of hydrogen-bond acceptors (Lipinski definition) is 2. The number of aromatic hydroxyl groups is 1. The summed E-state index contributed by atoms with van der Waals surface area (Å²) in [6.45, 7) is 6.46. The molecule has 96 valence electrons. The molecule has 0 atom stereocenters. The average molecular weight is 275 g/mol. The van der Waals surface area contributed by atoms with Gasteiger partial charge in [-0.1, -0.05) is 32.9 Å². The lowest BCUT2D eigenvalue weighted by Crippen LogP contribution is -2.10. The van der Waals surface area contributed by atoms with Crippen LogP contribution in [-0.4, -0.2) is 42.8 Å². The van der Waals surface area contributed by atoms with E-state index in [9.17, 15) is 0 Å². The fourth-order valence-corrected chi connectivity index (χ4v) is 0.961. The quantitative estimate of drug-likeness (QED) is 0.415. The van der Waals surface area contributed by atoms with E-state index in [-0.39, 0.29) is 28.5 Å². The Morgan fingerprint density at radius 2 is 1.29 bits per heavy atom. The Morgan fingerprint density at radius 3 is 1.53 bits per heavy atom. The van der Waals surface area contributed by atoms with Gasteiger partial charge >= 0.3 is 30.9 Å². The van der Waals surface area contributed by atoms with Gasteiger partial charge in [0.1, 0.15) is 5.75 Å². The first-order valence-electron chi connectivity index (χ1n) is 4.58. The Bertz CT molecular complexity index is 357. The van der Waals surface area contributed by atoms with E-state index in [0.717, 1.165) is 0 Å². The molecule has 0 unspecified atom stereocenters. The van der Waals surface area contributed by atoms with E-state index < -0.39 is 7.82 Å². The van der Waals surface area contributed by atoms with Crippen LogP contribution in [0.4, 0.5) is 0 Å². The van der Waals surface area contributed by atoms with Crippen molar-refractivity contribution < 1.29 is 24.4 Å². The van der Waals surface area contributed by atoms with Crippen LogP contribution in [0, 0.1) is 0 Å². The van der Waals surface area contributed by atoms with Crippen LogP contribution in [0.2, 0.25) is 0 Å². The first kappa shape index (κ1) is 19.2. The molecule has 0 bridgehead atoms. The maximum atomic E-state index is 9.02. The number of phenols is 1. The highest BCUT2D eigenvalue weighted by molar-refractivity contribution is 7.45. The van der Waals surface area contributed by atoms with Gasteiger partial charge in [-0.3, -0.25) is 0 Å². The van der Waals surface area contributed by atoms with Crippen LogP contribution in [0.1, 0.15) is 26.3 Å². The van der Waals surface area contributed by atoms with Gasteiger partial charge in [-0.25, -0.2) is 4.57 Å². The monoisotopic (exact) mass is 274 g/mol. The highest BCUT2D eigenvalue weighted by Gasteiger charge is 2.12. The van der Waals surface area contributed by atoms with Crippen molar-refractivity contribution in [1.29, 1.82) is 0 Å². The molecular formula is C10H19MgO5P. The summed E-state index contributed by atoms with van der Waals surface area (Å²) < 4.78 is 8.88. The van der Waals surface area contributed by atoms with Gasteiger partial charge in [-0.05, 0) is 23.1 Å². The van der Waals surface area contributed by atoms with Crippen LogP contribution < -0.4 is 0 Å². The molecule has 0 fully saturated rings. The zero-order valence-corrected chi connectivity index (χ0v) is 10.3. The van der Waals surface area contributed by atoms with Crippen molar-refractivity contribution in [3.05, 3.63) is 29.8 Å². The molecule has 0 saturated heterocycles. The summed E-state index contributed by atoms with van der Waals surface area (Å²) in [5.41, 5.74) is 1.42. The number of benzene rings is 1. The minimum atomic E-state index is -4.64. The lowest BCUT2D eigenvalue weighted by molar-refractivity contribution is 0.275. The van der Waals surface area contributed by atoms with Gasteiger partial charge in [-0.15, -0.1) is 0 Å². The molecule has 0 radical (unpaired) electrons. The molecule has 17 heavy (non-hydrogen) atoms. The Labute approximate surface area is 117 Å². The molecule has 0 aliphatic rings. The Kier molecular flexibility index (Phi) is 8.33. The maximum absolute atomic E-state index is 9.02. The summed E-state index contributed by atoms with van der Waals surface area (Å²) >= 11 is 0. The summed E-state index contributed by atoms with van der Waals surface area (Å²) in [5.74, 6) is 0.331. The molecule has 1 aromatic rings. The second kappa shape index (κ2) is 7.36. The minimum absolute atomic E-state index is 0. The van der Waals surface area contributed by atoms with E-state index in [4.69, 9.17) is 24.4 Å². The molecule has 5 nitrogen and oxygen atoms in total. The fourth-order valence-electron chi connectivity index (χ4n) is 0.961. The normalized spacial score (nSPS) is 10.9. The molecular weight excluding hydrogens is 255 g/mol. The molecule has 1 aromatic carbocycles. The van der Waals surface area contributed by atoms with Gasteiger partial charge in [0, 0.05) is 0 Å². The van der Waals surface area contributed by atoms with E-state index in [2.05, 4.69) is 20.8 Å². The van der Waals surface area contributed by atoms with Crippen LogP contribution in [-0.2, 0) is 9.98 Å². The van der Waals surface area contributed by atoms with Crippen molar-refractivity contribution in [1.82, 2.24) is 0 Å². The SMILES string of the molecule is CC(C)(C)c1ccc(O)cc1.O=P(O)(O)O.[MgH2]. The second-order valence-corrected chi connectivity index (χ2v) is 5.34. The number of rotatable bonds is 0. The summed E-state index contributed by atoms with van der Waals surface area (Å²) in [5, 5.41) is 9.02. The smallest absolute Gasteiger partial charge is 0.466 e. The van der Waals surface area contributed by atoms with Crippen LogP contribution >= 0.6 is 7.82 Å². The third-order valence-electron chi connectivity index (χ3n) is 1.73. The molecule has 1 rings (SSSR count). The van der Waals surface area contributed by atoms with Crippen LogP contribution in [0.5, 0.6) is 5.75 Å². The standard InChI is InChI=1S/C10H14O.Mg.H3O4P.2H/c1-10(2,3)8-4-6-9(11)7-5-8;;1-5(2,3)4;;/h4-7,11H,1-3H3;;(H3,1,2,3,4);;. The molecule has 0 amide bonds.